The van der Waals surface area contributed by atoms with Crippen molar-refractivity contribution >= 4 is 17.3 Å². The number of hydrogen-bond donors (Lipinski definition) is 2. The highest BCUT2D eigenvalue weighted by Gasteiger charge is 2.00. The van der Waals surface area contributed by atoms with Gasteiger partial charge < -0.3 is 10.6 Å². The molecule has 0 aliphatic heterocycles. The summed E-state index contributed by atoms with van der Waals surface area (Å²) in [6, 6.07) is 0.379. The molecule has 0 aliphatic carbocycles. The van der Waals surface area contributed by atoms with Crippen molar-refractivity contribution in [2.24, 2.45) is 0 Å². The molecule has 0 rings (SSSR count). The molecule has 78 valence electrons. The summed E-state index contributed by atoms with van der Waals surface area (Å²) in [4.78, 5) is 0. The second-order valence-corrected chi connectivity index (χ2v) is 3.38. The Kier molecular flexibility index (Phi) is 6.76. The van der Waals surface area contributed by atoms with Crippen molar-refractivity contribution in [3.05, 3.63) is 37.1 Å². The molecule has 0 radical (unpaired) electrons. The first kappa shape index (κ1) is 12.9. The molecule has 2 N–H and O–H groups in total. The molecular formula is C11H18N2S. The molecule has 1 atom stereocenters. The maximum Gasteiger partial charge on any atom is 0.170 e. The Morgan fingerprint density at radius 2 is 2.14 bits per heavy atom. The minimum Gasteiger partial charge on any atom is -0.360 e. The molecule has 0 saturated carbocycles. The summed E-state index contributed by atoms with van der Waals surface area (Å²) in [5.74, 6) is 0. The minimum absolute atomic E-state index is 0.379. The Labute approximate surface area is 91.8 Å². The highest BCUT2D eigenvalue weighted by Crippen LogP contribution is 1.92. The van der Waals surface area contributed by atoms with E-state index in [1.165, 1.54) is 0 Å². The van der Waals surface area contributed by atoms with Gasteiger partial charge in [0.2, 0.25) is 0 Å². The Bertz CT molecular complexity index is 244. The molecule has 14 heavy (non-hydrogen) atoms. The fourth-order valence-electron chi connectivity index (χ4n) is 0.781. The highest BCUT2D eigenvalue weighted by molar-refractivity contribution is 7.80. The topological polar surface area (TPSA) is 24.1 Å². The lowest BCUT2D eigenvalue weighted by molar-refractivity contribution is 0.638. The van der Waals surface area contributed by atoms with Gasteiger partial charge >= 0.3 is 0 Å². The molecule has 0 fully saturated rings. The van der Waals surface area contributed by atoms with Gasteiger partial charge in [-0.25, -0.2) is 0 Å². The standard InChI is InChI=1S/C11H18N2S/c1-5-8-10(7-3)13-11(14)12-9(4)6-2/h5,7-9H,1,3,6H2,2,4H3,(H2,12,13,14)/b10-8+. The average Bonchev–Trinajstić information content (AvgIpc) is 2.16. The molecule has 0 amide bonds. The molecule has 0 aromatic heterocycles. The van der Waals surface area contributed by atoms with Gasteiger partial charge in [-0.2, -0.15) is 0 Å². The summed E-state index contributed by atoms with van der Waals surface area (Å²) in [5, 5.41) is 6.79. The molecule has 0 spiro atoms. The van der Waals surface area contributed by atoms with E-state index in [2.05, 4.69) is 37.6 Å². The van der Waals surface area contributed by atoms with Crippen LogP contribution in [0.4, 0.5) is 0 Å². The van der Waals surface area contributed by atoms with Crippen LogP contribution in [0.15, 0.2) is 37.1 Å². The van der Waals surface area contributed by atoms with Crippen molar-refractivity contribution in [2.75, 3.05) is 0 Å². The summed E-state index contributed by atoms with van der Waals surface area (Å²) in [5.41, 5.74) is 0.848. The maximum atomic E-state index is 5.11. The predicted octanol–water partition coefficient (Wildman–Crippen LogP) is 2.50. The van der Waals surface area contributed by atoms with E-state index in [-0.39, 0.29) is 0 Å². The summed E-state index contributed by atoms with van der Waals surface area (Å²) < 4.78 is 0. The fraction of sp³-hybridized carbons (Fsp3) is 0.364. The van der Waals surface area contributed by atoms with Crippen molar-refractivity contribution in [2.45, 2.75) is 26.3 Å². The zero-order valence-electron chi connectivity index (χ0n) is 8.84. The van der Waals surface area contributed by atoms with Gasteiger partial charge in [0.1, 0.15) is 0 Å². The molecule has 2 nitrogen and oxygen atoms in total. The SMILES string of the molecule is C=C/C=C(\C=C)NC(=S)NC(C)CC. The number of hydrogen-bond acceptors (Lipinski definition) is 1. The lowest BCUT2D eigenvalue weighted by atomic mass is 10.3. The smallest absolute Gasteiger partial charge is 0.170 e. The Hall–Kier alpha value is -1.09. The van der Waals surface area contributed by atoms with E-state index in [0.29, 0.717) is 11.2 Å². The van der Waals surface area contributed by atoms with Gasteiger partial charge in [0.15, 0.2) is 5.11 Å². The monoisotopic (exact) mass is 210 g/mol. The van der Waals surface area contributed by atoms with Gasteiger partial charge in [0.05, 0.1) is 0 Å². The molecular weight excluding hydrogens is 192 g/mol. The van der Waals surface area contributed by atoms with E-state index in [9.17, 15) is 0 Å². The first-order valence-electron chi connectivity index (χ1n) is 4.66. The van der Waals surface area contributed by atoms with Gasteiger partial charge in [-0.05, 0) is 37.7 Å². The Balaban J connectivity index is 4.10. The summed E-state index contributed by atoms with van der Waals surface area (Å²) in [6.45, 7) is 11.5. The van der Waals surface area contributed by atoms with Gasteiger partial charge in [-0.15, -0.1) is 0 Å². The normalized spacial score (nSPS) is 12.9. The fourth-order valence-corrected chi connectivity index (χ4v) is 1.10. The molecule has 0 heterocycles. The molecule has 0 aliphatic rings. The van der Waals surface area contributed by atoms with Crippen LogP contribution >= 0.6 is 12.2 Å². The second kappa shape index (κ2) is 7.33. The van der Waals surface area contributed by atoms with Crippen molar-refractivity contribution in [3.8, 4) is 0 Å². The number of nitrogens with one attached hydrogen (secondary N) is 2. The van der Waals surface area contributed by atoms with E-state index in [1.807, 2.05) is 6.08 Å². The molecule has 1 unspecified atom stereocenters. The predicted molar refractivity (Wildman–Crippen MR) is 67.1 cm³/mol. The summed E-state index contributed by atoms with van der Waals surface area (Å²) in [6.07, 6.45) is 6.25. The van der Waals surface area contributed by atoms with E-state index in [4.69, 9.17) is 12.2 Å². The van der Waals surface area contributed by atoms with Gasteiger partial charge in [0, 0.05) is 11.7 Å². The van der Waals surface area contributed by atoms with E-state index in [1.54, 1.807) is 12.2 Å². The molecule has 0 aromatic carbocycles. The third-order valence-electron chi connectivity index (χ3n) is 1.77. The maximum absolute atomic E-state index is 5.11. The lowest BCUT2D eigenvalue weighted by Gasteiger charge is -2.15. The molecule has 3 heteroatoms. The van der Waals surface area contributed by atoms with Gasteiger partial charge in [-0.1, -0.05) is 26.2 Å². The van der Waals surface area contributed by atoms with Crippen LogP contribution in [0.3, 0.4) is 0 Å². The van der Waals surface area contributed by atoms with Crippen molar-refractivity contribution in [3.63, 3.8) is 0 Å². The van der Waals surface area contributed by atoms with Crippen LogP contribution in [-0.4, -0.2) is 11.2 Å². The van der Waals surface area contributed by atoms with Crippen LogP contribution in [0.25, 0.3) is 0 Å². The molecule has 0 aromatic rings. The quantitative estimate of drug-likeness (QED) is 0.538. The Morgan fingerprint density at radius 3 is 2.57 bits per heavy atom. The number of rotatable bonds is 5. The van der Waals surface area contributed by atoms with Crippen molar-refractivity contribution < 1.29 is 0 Å². The van der Waals surface area contributed by atoms with E-state index >= 15 is 0 Å². The van der Waals surface area contributed by atoms with Crippen molar-refractivity contribution in [1.29, 1.82) is 0 Å². The summed E-state index contributed by atoms with van der Waals surface area (Å²) in [7, 11) is 0. The first-order chi connectivity index (χ1) is 6.63. The van der Waals surface area contributed by atoms with Crippen LogP contribution in [0, 0.1) is 0 Å². The van der Waals surface area contributed by atoms with Crippen LogP contribution < -0.4 is 10.6 Å². The van der Waals surface area contributed by atoms with Crippen LogP contribution in [0.2, 0.25) is 0 Å². The van der Waals surface area contributed by atoms with Crippen LogP contribution in [0.1, 0.15) is 20.3 Å². The number of allylic oxidation sites excluding steroid dienone is 3. The third kappa shape index (κ3) is 5.54. The van der Waals surface area contributed by atoms with Crippen LogP contribution in [-0.2, 0) is 0 Å². The summed E-state index contributed by atoms with van der Waals surface area (Å²) >= 11 is 5.11. The molecule has 0 bridgehead atoms. The number of thiocarbonyl (C=S) groups is 1. The zero-order chi connectivity index (χ0) is 11.0. The minimum atomic E-state index is 0.379. The van der Waals surface area contributed by atoms with Crippen LogP contribution in [0.5, 0.6) is 0 Å². The highest BCUT2D eigenvalue weighted by atomic mass is 32.1. The lowest BCUT2D eigenvalue weighted by Crippen LogP contribution is -2.39. The van der Waals surface area contributed by atoms with E-state index in [0.717, 1.165) is 12.1 Å². The van der Waals surface area contributed by atoms with Crippen molar-refractivity contribution in [1.82, 2.24) is 10.6 Å². The molecule has 0 saturated heterocycles. The largest absolute Gasteiger partial charge is 0.360 e. The third-order valence-corrected chi connectivity index (χ3v) is 1.98. The average molecular weight is 210 g/mol. The van der Waals surface area contributed by atoms with Gasteiger partial charge in [-0.3, -0.25) is 0 Å². The van der Waals surface area contributed by atoms with E-state index < -0.39 is 0 Å². The Morgan fingerprint density at radius 1 is 1.50 bits per heavy atom. The second-order valence-electron chi connectivity index (χ2n) is 2.97. The zero-order valence-corrected chi connectivity index (χ0v) is 9.66. The van der Waals surface area contributed by atoms with Gasteiger partial charge in [0.25, 0.3) is 0 Å². The first-order valence-corrected chi connectivity index (χ1v) is 5.07.